The first kappa shape index (κ1) is 27.5. The van der Waals surface area contributed by atoms with E-state index in [1.165, 1.54) is 4.90 Å². The third kappa shape index (κ3) is 6.36. The molecule has 0 spiro atoms. The molecule has 1 fully saturated rings. The van der Waals surface area contributed by atoms with E-state index in [1.54, 1.807) is 62.4 Å². The van der Waals surface area contributed by atoms with Gasteiger partial charge in [-0.1, -0.05) is 54.4 Å². The summed E-state index contributed by atoms with van der Waals surface area (Å²) in [6, 6.07) is 12.4. The fraction of sp³-hybridized carbons (Fsp3) is 0.440. The van der Waals surface area contributed by atoms with Gasteiger partial charge in [-0.05, 0) is 55.7 Å². The lowest BCUT2D eigenvalue weighted by molar-refractivity contribution is -0.182. The molecule has 35 heavy (non-hydrogen) atoms. The van der Waals surface area contributed by atoms with Gasteiger partial charge in [0.05, 0.1) is 23.5 Å². The number of carbonyl (C=O) groups excluding carboxylic acids is 1. The van der Waals surface area contributed by atoms with Gasteiger partial charge < -0.3 is 14.7 Å². The maximum atomic E-state index is 13.7. The molecule has 0 bridgehead atoms. The highest BCUT2D eigenvalue weighted by molar-refractivity contribution is 7.92. The van der Waals surface area contributed by atoms with E-state index in [9.17, 15) is 23.1 Å². The number of nitrogens with zero attached hydrogens (tertiary/aromatic N) is 1. The van der Waals surface area contributed by atoms with Crippen molar-refractivity contribution in [1.82, 2.24) is 4.90 Å². The number of carboxylic acids is 1. The molecule has 0 unspecified atom stereocenters. The predicted molar refractivity (Wildman–Crippen MR) is 135 cm³/mol. The highest BCUT2D eigenvalue weighted by Gasteiger charge is 2.47. The molecule has 0 radical (unpaired) electrons. The minimum absolute atomic E-state index is 0.251. The Hall–Kier alpha value is -2.13. The molecule has 4 atom stereocenters. The Kier molecular flexibility index (Phi) is 8.86. The number of morpholine rings is 1. The number of ether oxygens (including phenoxy) is 1. The van der Waals surface area contributed by atoms with Crippen LogP contribution in [0.5, 0.6) is 0 Å². The smallest absolute Gasteiger partial charge is 0.306 e. The van der Waals surface area contributed by atoms with E-state index in [0.717, 1.165) is 0 Å². The summed E-state index contributed by atoms with van der Waals surface area (Å²) in [7, 11) is -3.52. The van der Waals surface area contributed by atoms with E-state index >= 15 is 0 Å². The van der Waals surface area contributed by atoms with E-state index in [1.807, 2.05) is 6.92 Å². The highest BCUT2D eigenvalue weighted by atomic mass is 35.5. The SMILES string of the molecule is CC[C@@H](CS(=O)(=O)C(C)C)N1C(=O)[C@H](CC(=O)O)O[C@H](c2cccc(Cl)c2)[C@H]1c1ccc(Cl)cc1. The van der Waals surface area contributed by atoms with Crippen LogP contribution in [0.2, 0.25) is 10.0 Å². The number of hydrogen-bond donors (Lipinski definition) is 1. The Bertz CT molecular complexity index is 1170. The number of benzene rings is 2. The quantitative estimate of drug-likeness (QED) is 0.475. The first-order chi connectivity index (χ1) is 16.4. The van der Waals surface area contributed by atoms with Crippen LogP contribution in [0, 0.1) is 0 Å². The van der Waals surface area contributed by atoms with Crippen LogP contribution in [0.3, 0.4) is 0 Å². The number of carbonyl (C=O) groups is 2. The zero-order valence-electron chi connectivity index (χ0n) is 19.7. The van der Waals surface area contributed by atoms with Crippen LogP contribution in [-0.4, -0.2) is 53.4 Å². The number of amides is 1. The molecule has 190 valence electrons. The molecule has 0 saturated carbocycles. The monoisotopic (exact) mass is 541 g/mol. The number of rotatable bonds is 9. The Morgan fingerprint density at radius 2 is 1.74 bits per heavy atom. The molecule has 1 amide bonds. The summed E-state index contributed by atoms with van der Waals surface area (Å²) in [5.74, 6) is -2.00. The van der Waals surface area contributed by atoms with Crippen molar-refractivity contribution in [2.75, 3.05) is 5.75 Å². The molecule has 3 rings (SSSR count). The minimum atomic E-state index is -3.52. The van der Waals surface area contributed by atoms with E-state index in [-0.39, 0.29) is 5.75 Å². The average molecular weight is 542 g/mol. The second kappa shape index (κ2) is 11.3. The van der Waals surface area contributed by atoms with Crippen LogP contribution in [0.1, 0.15) is 56.9 Å². The van der Waals surface area contributed by atoms with Crippen molar-refractivity contribution >= 4 is 44.9 Å². The predicted octanol–water partition coefficient (Wildman–Crippen LogP) is 5.08. The highest BCUT2D eigenvalue weighted by Crippen LogP contribution is 2.44. The van der Waals surface area contributed by atoms with Gasteiger partial charge in [0.15, 0.2) is 9.84 Å². The standard InChI is InChI=1S/C25H29Cl2NO6S/c1-4-20(14-35(32,33)15(2)3)28-23(16-8-10-18(26)11-9-16)24(17-6-5-7-19(27)12-17)34-21(25(28)31)13-22(29)30/h5-12,15,20-21,23-24H,4,13-14H2,1-3H3,(H,29,30)/t20-,21-,23+,24+/m0/s1. The molecule has 0 aliphatic carbocycles. The molecule has 7 nitrogen and oxygen atoms in total. The van der Waals surface area contributed by atoms with Crippen molar-refractivity contribution in [3.8, 4) is 0 Å². The van der Waals surface area contributed by atoms with Crippen LogP contribution in [-0.2, 0) is 24.2 Å². The molecule has 1 saturated heterocycles. The van der Waals surface area contributed by atoms with Gasteiger partial charge in [0, 0.05) is 16.1 Å². The average Bonchev–Trinajstić information content (AvgIpc) is 2.79. The molecule has 1 aliphatic rings. The lowest BCUT2D eigenvalue weighted by Crippen LogP contribution is -2.56. The normalized spacial score (nSPS) is 21.8. The number of halogens is 2. The summed E-state index contributed by atoms with van der Waals surface area (Å²) >= 11 is 12.4. The summed E-state index contributed by atoms with van der Waals surface area (Å²) in [6.07, 6.45) is -2.26. The van der Waals surface area contributed by atoms with Crippen molar-refractivity contribution in [3.63, 3.8) is 0 Å². The van der Waals surface area contributed by atoms with E-state index in [2.05, 4.69) is 0 Å². The van der Waals surface area contributed by atoms with Crippen LogP contribution >= 0.6 is 23.2 Å². The maximum Gasteiger partial charge on any atom is 0.306 e. The van der Waals surface area contributed by atoms with Gasteiger partial charge in [-0.15, -0.1) is 0 Å². The molecule has 2 aromatic rings. The van der Waals surface area contributed by atoms with Crippen LogP contribution in [0.25, 0.3) is 0 Å². The summed E-state index contributed by atoms with van der Waals surface area (Å²) in [6.45, 7) is 5.01. The second-order valence-corrected chi connectivity index (χ2v) is 12.4. The number of carboxylic acid groups (broad SMARTS) is 1. The second-order valence-electron chi connectivity index (χ2n) is 8.88. The van der Waals surface area contributed by atoms with Crippen LogP contribution in [0.4, 0.5) is 0 Å². The lowest BCUT2D eigenvalue weighted by Gasteiger charge is -2.48. The van der Waals surface area contributed by atoms with Crippen LogP contribution in [0.15, 0.2) is 48.5 Å². The van der Waals surface area contributed by atoms with Crippen molar-refractivity contribution in [3.05, 3.63) is 69.7 Å². The topological polar surface area (TPSA) is 101 Å². The van der Waals surface area contributed by atoms with Gasteiger partial charge in [0.2, 0.25) is 0 Å². The summed E-state index contributed by atoms with van der Waals surface area (Å²) < 4.78 is 31.9. The van der Waals surface area contributed by atoms with E-state index in [0.29, 0.717) is 27.6 Å². The lowest BCUT2D eigenvalue weighted by atomic mass is 9.89. The summed E-state index contributed by atoms with van der Waals surface area (Å²) in [5.41, 5.74) is 1.33. The molecular weight excluding hydrogens is 513 g/mol. The third-order valence-corrected chi connectivity index (χ3v) is 8.96. The summed E-state index contributed by atoms with van der Waals surface area (Å²) in [5, 5.41) is 9.79. The number of aliphatic carboxylic acids is 1. The molecule has 1 aliphatic heterocycles. The van der Waals surface area contributed by atoms with E-state index in [4.69, 9.17) is 27.9 Å². The molecule has 0 aromatic heterocycles. The molecule has 1 heterocycles. The van der Waals surface area contributed by atoms with Gasteiger partial charge in [-0.2, -0.15) is 0 Å². The van der Waals surface area contributed by atoms with Gasteiger partial charge in [-0.25, -0.2) is 8.42 Å². The molecule has 10 heteroatoms. The van der Waals surface area contributed by atoms with Crippen molar-refractivity contribution in [1.29, 1.82) is 0 Å². The van der Waals surface area contributed by atoms with Crippen molar-refractivity contribution < 1.29 is 27.9 Å². The Balaban J connectivity index is 2.21. The van der Waals surface area contributed by atoms with Crippen molar-refractivity contribution in [2.45, 2.75) is 63.2 Å². The third-order valence-electron chi connectivity index (χ3n) is 6.18. The zero-order valence-corrected chi connectivity index (χ0v) is 22.1. The Morgan fingerprint density at radius 3 is 2.29 bits per heavy atom. The molecule has 1 N–H and O–H groups in total. The first-order valence-electron chi connectivity index (χ1n) is 11.4. The largest absolute Gasteiger partial charge is 0.481 e. The zero-order chi connectivity index (χ0) is 25.9. The van der Waals surface area contributed by atoms with Gasteiger partial charge in [-0.3, -0.25) is 9.59 Å². The summed E-state index contributed by atoms with van der Waals surface area (Å²) in [4.78, 5) is 26.8. The number of hydrogen-bond acceptors (Lipinski definition) is 5. The minimum Gasteiger partial charge on any atom is -0.481 e. The van der Waals surface area contributed by atoms with Gasteiger partial charge >= 0.3 is 5.97 Å². The Morgan fingerprint density at radius 1 is 1.09 bits per heavy atom. The fourth-order valence-electron chi connectivity index (χ4n) is 4.26. The first-order valence-corrected chi connectivity index (χ1v) is 13.8. The molecule has 2 aromatic carbocycles. The van der Waals surface area contributed by atoms with Gasteiger partial charge in [0.25, 0.3) is 5.91 Å². The Labute approximate surface area is 215 Å². The van der Waals surface area contributed by atoms with Crippen molar-refractivity contribution in [2.24, 2.45) is 0 Å². The van der Waals surface area contributed by atoms with Gasteiger partial charge in [0.1, 0.15) is 12.2 Å². The molecular formula is C25H29Cl2NO6S. The maximum absolute atomic E-state index is 13.7. The fourth-order valence-corrected chi connectivity index (χ4v) is 5.90. The number of sulfone groups is 1. The van der Waals surface area contributed by atoms with E-state index < -0.39 is 57.7 Å². The van der Waals surface area contributed by atoms with Crippen LogP contribution < -0.4 is 0 Å².